The van der Waals surface area contributed by atoms with Gasteiger partial charge in [-0.1, -0.05) is 234 Å². The Bertz CT molecular complexity index is 1350. The maximum atomic E-state index is 12.9. The first kappa shape index (κ1) is 66.6. The Balaban J connectivity index is 4.46. The SMILES string of the molecule is CC/C=C\C/C=C\C/C=C\C/C=C\C/C=C\CCCCCC(=O)OC[C@@H](COC(=O)CCCCCCC/C=C\CCCCCCCCC)OC(=O)CCCCCCCCC/C=C\CCCCCCCC. The molecule has 0 spiro atoms. The topological polar surface area (TPSA) is 78.9 Å². The van der Waals surface area contributed by atoms with Crippen LogP contribution in [0.2, 0.25) is 0 Å². The largest absolute Gasteiger partial charge is 0.462 e. The van der Waals surface area contributed by atoms with Gasteiger partial charge in [-0.05, 0) is 116 Å². The molecule has 0 rings (SSSR count). The summed E-state index contributed by atoms with van der Waals surface area (Å²) in [7, 11) is 0. The smallest absolute Gasteiger partial charge is 0.306 e. The molecule has 0 aliphatic heterocycles. The van der Waals surface area contributed by atoms with E-state index in [1.807, 2.05) is 0 Å². The van der Waals surface area contributed by atoms with Crippen molar-refractivity contribution in [2.24, 2.45) is 0 Å². The van der Waals surface area contributed by atoms with Gasteiger partial charge < -0.3 is 14.2 Å². The van der Waals surface area contributed by atoms with Crippen LogP contribution in [0.4, 0.5) is 0 Å². The lowest BCUT2D eigenvalue weighted by Crippen LogP contribution is -2.30. The van der Waals surface area contributed by atoms with E-state index >= 15 is 0 Å². The van der Waals surface area contributed by atoms with Crippen LogP contribution >= 0.6 is 0 Å². The first-order chi connectivity index (χ1) is 34.5. The van der Waals surface area contributed by atoms with Crippen LogP contribution in [0.5, 0.6) is 0 Å². The second-order valence-electron chi connectivity index (χ2n) is 19.5. The van der Waals surface area contributed by atoms with E-state index in [-0.39, 0.29) is 31.1 Å². The number of allylic oxidation sites excluding steroid dienone is 14. The summed E-state index contributed by atoms with van der Waals surface area (Å²) in [6, 6.07) is 0. The summed E-state index contributed by atoms with van der Waals surface area (Å²) >= 11 is 0. The van der Waals surface area contributed by atoms with E-state index in [0.29, 0.717) is 19.3 Å². The molecule has 0 heterocycles. The molecule has 0 radical (unpaired) electrons. The van der Waals surface area contributed by atoms with Gasteiger partial charge in [-0.25, -0.2) is 0 Å². The number of esters is 3. The molecular weight excluding hydrogens is 865 g/mol. The highest BCUT2D eigenvalue weighted by Crippen LogP contribution is 2.15. The Morgan fingerprint density at radius 2 is 0.557 bits per heavy atom. The molecule has 402 valence electrons. The number of rotatable bonds is 53. The molecule has 0 aliphatic rings. The van der Waals surface area contributed by atoms with Gasteiger partial charge in [0.2, 0.25) is 0 Å². The third-order valence-corrected chi connectivity index (χ3v) is 12.6. The second-order valence-corrected chi connectivity index (χ2v) is 19.5. The quantitative estimate of drug-likeness (QED) is 0.0261. The molecule has 1 atom stereocenters. The molecule has 0 saturated heterocycles. The van der Waals surface area contributed by atoms with Crippen LogP contribution in [0.25, 0.3) is 0 Å². The Labute approximate surface area is 433 Å². The third-order valence-electron chi connectivity index (χ3n) is 12.6. The minimum atomic E-state index is -0.797. The molecule has 0 bridgehead atoms. The lowest BCUT2D eigenvalue weighted by molar-refractivity contribution is -0.167. The summed E-state index contributed by atoms with van der Waals surface area (Å²) in [5.41, 5.74) is 0. The zero-order valence-corrected chi connectivity index (χ0v) is 46.0. The lowest BCUT2D eigenvalue weighted by atomic mass is 10.1. The molecule has 6 heteroatoms. The minimum absolute atomic E-state index is 0.0927. The molecule has 0 N–H and O–H groups in total. The van der Waals surface area contributed by atoms with Gasteiger partial charge in [0.25, 0.3) is 0 Å². The molecule has 6 nitrogen and oxygen atoms in total. The van der Waals surface area contributed by atoms with Crippen molar-refractivity contribution >= 4 is 17.9 Å². The van der Waals surface area contributed by atoms with E-state index in [1.54, 1.807) is 0 Å². The van der Waals surface area contributed by atoms with Crippen molar-refractivity contribution in [1.82, 2.24) is 0 Å². The van der Waals surface area contributed by atoms with Crippen LogP contribution < -0.4 is 0 Å². The summed E-state index contributed by atoms with van der Waals surface area (Å²) in [6.07, 6.45) is 75.7. The molecule has 70 heavy (non-hydrogen) atoms. The number of ether oxygens (including phenoxy) is 3. The normalized spacial score (nSPS) is 12.7. The molecule has 0 aromatic carbocycles. The van der Waals surface area contributed by atoms with Crippen LogP contribution in [-0.4, -0.2) is 37.2 Å². The number of carbonyl (C=O) groups is 3. The predicted octanol–water partition coefficient (Wildman–Crippen LogP) is 19.9. The van der Waals surface area contributed by atoms with Gasteiger partial charge in [-0.2, -0.15) is 0 Å². The highest BCUT2D eigenvalue weighted by atomic mass is 16.6. The van der Waals surface area contributed by atoms with Crippen LogP contribution in [0, 0.1) is 0 Å². The van der Waals surface area contributed by atoms with Gasteiger partial charge in [-0.15, -0.1) is 0 Å². The average molecular weight is 976 g/mol. The Morgan fingerprint density at radius 1 is 0.300 bits per heavy atom. The van der Waals surface area contributed by atoms with Gasteiger partial charge in [0.05, 0.1) is 0 Å². The minimum Gasteiger partial charge on any atom is -0.462 e. The maximum Gasteiger partial charge on any atom is 0.306 e. The predicted molar refractivity (Wildman–Crippen MR) is 302 cm³/mol. The Hall–Kier alpha value is -3.41. The second kappa shape index (κ2) is 58.2. The molecule has 0 aromatic rings. The molecule has 0 fully saturated rings. The van der Waals surface area contributed by atoms with Crippen LogP contribution in [0.3, 0.4) is 0 Å². The van der Waals surface area contributed by atoms with Crippen molar-refractivity contribution in [2.75, 3.05) is 13.2 Å². The highest BCUT2D eigenvalue weighted by molar-refractivity contribution is 5.71. The van der Waals surface area contributed by atoms with E-state index in [9.17, 15) is 14.4 Å². The van der Waals surface area contributed by atoms with Gasteiger partial charge in [0.1, 0.15) is 13.2 Å². The summed E-state index contributed by atoms with van der Waals surface area (Å²) in [4.78, 5) is 38.2. The van der Waals surface area contributed by atoms with Gasteiger partial charge in [-0.3, -0.25) is 14.4 Å². The number of unbranched alkanes of at least 4 members (excludes halogenated alkanes) is 28. The fraction of sp³-hybridized carbons (Fsp3) is 0.734. The average Bonchev–Trinajstić information content (AvgIpc) is 3.36. The van der Waals surface area contributed by atoms with Crippen molar-refractivity contribution in [3.05, 3.63) is 85.1 Å². The Kier molecular flexibility index (Phi) is 55.3. The van der Waals surface area contributed by atoms with Gasteiger partial charge in [0.15, 0.2) is 6.10 Å². The van der Waals surface area contributed by atoms with E-state index in [4.69, 9.17) is 14.2 Å². The summed E-state index contributed by atoms with van der Waals surface area (Å²) in [5, 5.41) is 0. The molecule has 0 amide bonds. The zero-order valence-electron chi connectivity index (χ0n) is 46.0. The van der Waals surface area contributed by atoms with Gasteiger partial charge in [0, 0.05) is 19.3 Å². The van der Waals surface area contributed by atoms with E-state index in [0.717, 1.165) is 103 Å². The van der Waals surface area contributed by atoms with Crippen molar-refractivity contribution in [3.8, 4) is 0 Å². The van der Waals surface area contributed by atoms with Crippen LogP contribution in [0.15, 0.2) is 85.1 Å². The molecule has 0 unspecified atom stereocenters. The van der Waals surface area contributed by atoms with E-state index in [2.05, 4.69) is 106 Å². The summed E-state index contributed by atoms with van der Waals surface area (Å²) in [6.45, 7) is 6.50. The number of carbonyl (C=O) groups excluding carboxylic acids is 3. The monoisotopic (exact) mass is 975 g/mol. The number of hydrogen-bond donors (Lipinski definition) is 0. The van der Waals surface area contributed by atoms with E-state index < -0.39 is 6.10 Å². The standard InChI is InChI=1S/C64H110O6/c1-4-7-10-13-16-19-22-25-28-31-32-34-36-39-42-45-48-51-54-57-63(66)69-60-61(59-68-62(65)56-53-50-47-44-41-38-35-30-27-24-21-18-15-12-9-6-3)70-64(67)58-55-52-49-46-43-40-37-33-29-26-23-20-17-14-11-8-5-2/h7,10,16,19,25-26,28-30,32,34-35,39,42,61H,4-6,8-9,11-15,17-18,20-24,27,31,33,36-38,40-41,43-60H2,1-3H3/b10-7-,19-16-,28-25-,29-26-,34-32-,35-30-,42-39-/t61-/m1/s1. The summed E-state index contributed by atoms with van der Waals surface area (Å²) in [5.74, 6) is -0.931. The zero-order chi connectivity index (χ0) is 50.7. The first-order valence-electron chi connectivity index (χ1n) is 29.6. The van der Waals surface area contributed by atoms with E-state index in [1.165, 1.54) is 141 Å². The summed E-state index contributed by atoms with van der Waals surface area (Å²) < 4.78 is 16.9. The highest BCUT2D eigenvalue weighted by Gasteiger charge is 2.19. The Morgan fingerprint density at radius 3 is 0.900 bits per heavy atom. The van der Waals surface area contributed by atoms with Crippen LogP contribution in [0.1, 0.15) is 284 Å². The first-order valence-corrected chi connectivity index (χ1v) is 29.6. The molecular formula is C64H110O6. The van der Waals surface area contributed by atoms with Crippen molar-refractivity contribution in [2.45, 2.75) is 290 Å². The fourth-order valence-electron chi connectivity index (χ4n) is 8.16. The number of hydrogen-bond acceptors (Lipinski definition) is 6. The van der Waals surface area contributed by atoms with Crippen molar-refractivity contribution < 1.29 is 28.6 Å². The maximum absolute atomic E-state index is 12.9. The van der Waals surface area contributed by atoms with Crippen molar-refractivity contribution in [3.63, 3.8) is 0 Å². The molecule has 0 aliphatic carbocycles. The lowest BCUT2D eigenvalue weighted by Gasteiger charge is -2.18. The third kappa shape index (κ3) is 55.5. The van der Waals surface area contributed by atoms with Crippen LogP contribution in [-0.2, 0) is 28.6 Å². The molecule has 0 aromatic heterocycles. The fourth-order valence-corrected chi connectivity index (χ4v) is 8.16. The van der Waals surface area contributed by atoms with Gasteiger partial charge >= 0.3 is 17.9 Å². The van der Waals surface area contributed by atoms with Crippen molar-refractivity contribution in [1.29, 1.82) is 0 Å². The molecule has 0 saturated carbocycles.